The van der Waals surface area contributed by atoms with E-state index in [0.717, 1.165) is 38.8 Å². The molecular formula is C11H23ClN2O. The van der Waals surface area contributed by atoms with Crippen LogP contribution >= 0.6 is 12.4 Å². The standard InChI is InChI=1S/C11H22N2O.ClH/c1-11(2,3)10-8-13(4-5-14-10)9-6-12-7-9;/h9-10,12H,4-8H2,1-3H3;1H. The fourth-order valence-electron chi connectivity index (χ4n) is 2.06. The minimum absolute atomic E-state index is 0. The molecular weight excluding hydrogens is 212 g/mol. The monoisotopic (exact) mass is 234 g/mol. The zero-order valence-corrected chi connectivity index (χ0v) is 10.8. The van der Waals surface area contributed by atoms with Crippen LogP contribution < -0.4 is 5.32 Å². The Kier molecular flexibility index (Phi) is 4.41. The van der Waals surface area contributed by atoms with Gasteiger partial charge in [-0.15, -0.1) is 12.4 Å². The summed E-state index contributed by atoms with van der Waals surface area (Å²) in [6, 6.07) is 0.767. The number of rotatable bonds is 1. The van der Waals surface area contributed by atoms with Gasteiger partial charge in [0, 0.05) is 32.2 Å². The normalized spacial score (nSPS) is 29.4. The average Bonchev–Trinajstić information content (AvgIpc) is 2.00. The quantitative estimate of drug-likeness (QED) is 0.736. The van der Waals surface area contributed by atoms with Crippen molar-refractivity contribution in [3.8, 4) is 0 Å². The fourth-order valence-corrected chi connectivity index (χ4v) is 2.06. The zero-order chi connectivity index (χ0) is 10.2. The summed E-state index contributed by atoms with van der Waals surface area (Å²) in [4.78, 5) is 2.58. The van der Waals surface area contributed by atoms with E-state index >= 15 is 0 Å². The summed E-state index contributed by atoms with van der Waals surface area (Å²) < 4.78 is 5.83. The molecule has 2 heterocycles. The van der Waals surface area contributed by atoms with E-state index in [1.54, 1.807) is 0 Å². The van der Waals surface area contributed by atoms with E-state index < -0.39 is 0 Å². The first-order chi connectivity index (χ1) is 6.57. The van der Waals surface area contributed by atoms with Crippen LogP contribution in [0.2, 0.25) is 0 Å². The largest absolute Gasteiger partial charge is 0.375 e. The summed E-state index contributed by atoms with van der Waals surface area (Å²) in [5, 5.41) is 3.33. The molecule has 90 valence electrons. The Morgan fingerprint density at radius 2 is 1.93 bits per heavy atom. The van der Waals surface area contributed by atoms with Crippen molar-refractivity contribution in [3.05, 3.63) is 0 Å². The summed E-state index contributed by atoms with van der Waals surface area (Å²) in [6.45, 7) is 12.2. The number of morpholine rings is 1. The molecule has 2 fully saturated rings. The topological polar surface area (TPSA) is 24.5 Å². The molecule has 0 aromatic heterocycles. The van der Waals surface area contributed by atoms with E-state index in [4.69, 9.17) is 4.74 Å². The molecule has 0 saturated carbocycles. The van der Waals surface area contributed by atoms with Crippen molar-refractivity contribution >= 4 is 12.4 Å². The minimum atomic E-state index is 0. The van der Waals surface area contributed by atoms with Crippen LogP contribution in [-0.4, -0.2) is 49.8 Å². The maximum Gasteiger partial charge on any atom is 0.0750 e. The van der Waals surface area contributed by atoms with E-state index in [2.05, 4.69) is 31.0 Å². The molecule has 15 heavy (non-hydrogen) atoms. The second kappa shape index (κ2) is 5.00. The van der Waals surface area contributed by atoms with Crippen molar-refractivity contribution in [2.45, 2.75) is 32.9 Å². The van der Waals surface area contributed by atoms with Crippen LogP contribution in [0.1, 0.15) is 20.8 Å². The number of hydrogen-bond acceptors (Lipinski definition) is 3. The molecule has 4 heteroatoms. The molecule has 0 radical (unpaired) electrons. The van der Waals surface area contributed by atoms with Gasteiger partial charge in [-0.25, -0.2) is 0 Å². The van der Waals surface area contributed by atoms with Gasteiger partial charge in [0.15, 0.2) is 0 Å². The minimum Gasteiger partial charge on any atom is -0.375 e. The first-order valence-corrected chi connectivity index (χ1v) is 5.64. The predicted molar refractivity (Wildman–Crippen MR) is 64.7 cm³/mol. The van der Waals surface area contributed by atoms with Gasteiger partial charge >= 0.3 is 0 Å². The number of nitrogens with zero attached hydrogens (tertiary/aromatic N) is 1. The highest BCUT2D eigenvalue weighted by Gasteiger charge is 2.34. The van der Waals surface area contributed by atoms with Gasteiger partial charge in [0.25, 0.3) is 0 Å². The predicted octanol–water partition coefficient (Wildman–Crippen LogP) is 1.13. The summed E-state index contributed by atoms with van der Waals surface area (Å²) in [5.41, 5.74) is 0.274. The lowest BCUT2D eigenvalue weighted by molar-refractivity contribution is -0.0945. The summed E-state index contributed by atoms with van der Waals surface area (Å²) in [6.07, 6.45) is 0.400. The van der Waals surface area contributed by atoms with Gasteiger partial charge in [0.2, 0.25) is 0 Å². The molecule has 2 aliphatic rings. The van der Waals surface area contributed by atoms with Crippen LogP contribution in [0, 0.1) is 5.41 Å². The molecule has 1 atom stereocenters. The van der Waals surface area contributed by atoms with Crippen LogP contribution in [0.3, 0.4) is 0 Å². The molecule has 1 unspecified atom stereocenters. The second-order valence-corrected chi connectivity index (χ2v) is 5.53. The van der Waals surface area contributed by atoms with E-state index in [9.17, 15) is 0 Å². The van der Waals surface area contributed by atoms with E-state index in [0.29, 0.717) is 6.10 Å². The summed E-state index contributed by atoms with van der Waals surface area (Å²) in [7, 11) is 0. The third-order valence-corrected chi connectivity index (χ3v) is 3.34. The molecule has 0 bridgehead atoms. The van der Waals surface area contributed by atoms with Crippen LogP contribution in [-0.2, 0) is 4.74 Å². The SMILES string of the molecule is CC(C)(C)C1CN(C2CNC2)CCO1.Cl. The van der Waals surface area contributed by atoms with Crippen molar-refractivity contribution in [1.82, 2.24) is 10.2 Å². The number of ether oxygens (including phenoxy) is 1. The lowest BCUT2D eigenvalue weighted by atomic mass is 9.87. The molecule has 0 aromatic carbocycles. The molecule has 0 amide bonds. The number of nitrogens with one attached hydrogen (secondary N) is 1. The maximum atomic E-state index is 5.83. The van der Waals surface area contributed by atoms with Gasteiger partial charge in [-0.2, -0.15) is 0 Å². The highest BCUT2D eigenvalue weighted by molar-refractivity contribution is 5.85. The lowest BCUT2D eigenvalue weighted by Crippen LogP contribution is -2.62. The van der Waals surface area contributed by atoms with Crippen LogP contribution in [0.5, 0.6) is 0 Å². The lowest BCUT2D eigenvalue weighted by Gasteiger charge is -2.45. The van der Waals surface area contributed by atoms with Gasteiger partial charge < -0.3 is 10.1 Å². The van der Waals surface area contributed by atoms with Crippen molar-refractivity contribution in [2.24, 2.45) is 5.41 Å². The van der Waals surface area contributed by atoms with Gasteiger partial charge in [-0.1, -0.05) is 20.8 Å². The fraction of sp³-hybridized carbons (Fsp3) is 1.00. The average molecular weight is 235 g/mol. The highest BCUT2D eigenvalue weighted by Crippen LogP contribution is 2.26. The van der Waals surface area contributed by atoms with Gasteiger partial charge in [0.05, 0.1) is 12.7 Å². The first kappa shape index (κ1) is 13.2. The Balaban J connectivity index is 0.00000112. The van der Waals surface area contributed by atoms with E-state index in [-0.39, 0.29) is 17.8 Å². The van der Waals surface area contributed by atoms with E-state index in [1.165, 1.54) is 0 Å². The van der Waals surface area contributed by atoms with Crippen LogP contribution in [0.25, 0.3) is 0 Å². The van der Waals surface area contributed by atoms with Crippen molar-refractivity contribution in [1.29, 1.82) is 0 Å². The number of halogens is 1. The van der Waals surface area contributed by atoms with Gasteiger partial charge in [-0.05, 0) is 5.41 Å². The molecule has 0 aromatic rings. The molecule has 0 aliphatic carbocycles. The van der Waals surface area contributed by atoms with E-state index in [1.807, 2.05) is 0 Å². The second-order valence-electron chi connectivity index (χ2n) is 5.53. The van der Waals surface area contributed by atoms with Crippen molar-refractivity contribution in [2.75, 3.05) is 32.8 Å². The summed E-state index contributed by atoms with van der Waals surface area (Å²) >= 11 is 0. The third-order valence-electron chi connectivity index (χ3n) is 3.34. The Bertz CT molecular complexity index is 201. The molecule has 2 saturated heterocycles. The van der Waals surface area contributed by atoms with Crippen LogP contribution in [0.4, 0.5) is 0 Å². The Morgan fingerprint density at radius 3 is 2.40 bits per heavy atom. The highest BCUT2D eigenvalue weighted by atomic mass is 35.5. The van der Waals surface area contributed by atoms with Gasteiger partial charge in [-0.3, -0.25) is 4.90 Å². The molecule has 2 aliphatic heterocycles. The smallest absolute Gasteiger partial charge is 0.0750 e. The van der Waals surface area contributed by atoms with Crippen molar-refractivity contribution in [3.63, 3.8) is 0 Å². The Labute approximate surface area is 99.0 Å². The summed E-state index contributed by atoms with van der Waals surface area (Å²) in [5.74, 6) is 0. The van der Waals surface area contributed by atoms with Gasteiger partial charge in [0.1, 0.15) is 0 Å². The molecule has 0 spiro atoms. The molecule has 2 rings (SSSR count). The maximum absolute atomic E-state index is 5.83. The van der Waals surface area contributed by atoms with Crippen LogP contribution in [0.15, 0.2) is 0 Å². The Morgan fingerprint density at radius 1 is 1.27 bits per heavy atom. The zero-order valence-electron chi connectivity index (χ0n) is 9.95. The third kappa shape index (κ3) is 3.06. The molecule has 1 N–H and O–H groups in total. The van der Waals surface area contributed by atoms with Crippen molar-refractivity contribution < 1.29 is 4.74 Å². The first-order valence-electron chi connectivity index (χ1n) is 5.64. The molecule has 3 nitrogen and oxygen atoms in total. The number of hydrogen-bond donors (Lipinski definition) is 1. The Hall–Kier alpha value is 0.170.